The Morgan fingerprint density at radius 3 is 2.65 bits per heavy atom. The fourth-order valence-corrected chi connectivity index (χ4v) is 5.11. The van der Waals surface area contributed by atoms with E-state index in [9.17, 15) is 9.59 Å². The molecule has 0 radical (unpaired) electrons. The predicted molar refractivity (Wildman–Crippen MR) is 123 cm³/mol. The van der Waals surface area contributed by atoms with E-state index in [1.807, 2.05) is 30.3 Å². The first-order valence-corrected chi connectivity index (χ1v) is 10.9. The van der Waals surface area contributed by atoms with Crippen LogP contribution in [0.5, 0.6) is 0 Å². The van der Waals surface area contributed by atoms with Gasteiger partial charge in [-0.2, -0.15) is 0 Å². The molecular formula is C26H27N3O2. The zero-order valence-corrected chi connectivity index (χ0v) is 18.0. The Labute approximate surface area is 183 Å². The second-order valence-corrected chi connectivity index (χ2v) is 8.77. The number of fused-ring (bicyclic) bond motifs is 2. The van der Waals surface area contributed by atoms with E-state index in [0.717, 1.165) is 49.2 Å². The summed E-state index contributed by atoms with van der Waals surface area (Å²) in [6.45, 7) is 2.66. The Kier molecular flexibility index (Phi) is 4.98. The summed E-state index contributed by atoms with van der Waals surface area (Å²) in [6.07, 6.45) is 3.93. The predicted octanol–water partition coefficient (Wildman–Crippen LogP) is 3.13. The highest BCUT2D eigenvalue weighted by molar-refractivity contribution is 6.27. The van der Waals surface area contributed by atoms with Crippen molar-refractivity contribution in [1.82, 2.24) is 10.2 Å². The van der Waals surface area contributed by atoms with E-state index in [1.165, 1.54) is 11.3 Å². The third-order valence-electron chi connectivity index (χ3n) is 6.51. The second kappa shape index (κ2) is 7.82. The molecule has 31 heavy (non-hydrogen) atoms. The van der Waals surface area contributed by atoms with Gasteiger partial charge in [0.2, 0.25) is 0 Å². The molecule has 0 fully saturated rings. The Morgan fingerprint density at radius 1 is 1.03 bits per heavy atom. The molecule has 1 aliphatic carbocycles. The van der Waals surface area contributed by atoms with E-state index < -0.39 is 0 Å². The van der Waals surface area contributed by atoms with E-state index in [0.29, 0.717) is 11.1 Å². The molecule has 0 saturated carbocycles. The van der Waals surface area contributed by atoms with Crippen LogP contribution in [-0.2, 0) is 16.0 Å². The molecule has 3 aliphatic rings. The van der Waals surface area contributed by atoms with Crippen molar-refractivity contribution in [3.63, 3.8) is 0 Å². The molecule has 0 saturated heterocycles. The molecule has 0 aromatic heterocycles. The fourth-order valence-electron chi connectivity index (χ4n) is 5.11. The average molecular weight is 414 g/mol. The molecule has 5 heteroatoms. The van der Waals surface area contributed by atoms with Crippen LogP contribution in [0, 0.1) is 0 Å². The van der Waals surface area contributed by atoms with Crippen LogP contribution in [0.1, 0.15) is 29.0 Å². The molecule has 2 heterocycles. The van der Waals surface area contributed by atoms with Gasteiger partial charge in [0.15, 0.2) is 0 Å². The first-order valence-electron chi connectivity index (χ1n) is 10.9. The van der Waals surface area contributed by atoms with Gasteiger partial charge >= 0.3 is 0 Å². The molecular weight excluding hydrogens is 386 g/mol. The van der Waals surface area contributed by atoms with Crippen LogP contribution in [0.2, 0.25) is 0 Å². The van der Waals surface area contributed by atoms with Gasteiger partial charge in [-0.1, -0.05) is 48.5 Å². The number of carbonyl (C=O) groups excluding carboxylic acids is 2. The molecule has 1 atom stereocenters. The van der Waals surface area contributed by atoms with Gasteiger partial charge in [0.25, 0.3) is 11.8 Å². The highest BCUT2D eigenvalue weighted by Crippen LogP contribution is 2.45. The van der Waals surface area contributed by atoms with Crippen molar-refractivity contribution < 1.29 is 9.59 Å². The molecule has 2 aliphatic heterocycles. The van der Waals surface area contributed by atoms with Gasteiger partial charge in [0.1, 0.15) is 0 Å². The van der Waals surface area contributed by atoms with Crippen LogP contribution in [0.15, 0.2) is 65.8 Å². The SMILES string of the molecule is CN(C)CCCN1CC(C2=C(C3=CCc4ccccc43)C(=O)NC2=O)c2ccccc21. The first-order chi connectivity index (χ1) is 15.0. The number of imide groups is 1. The molecule has 2 amide bonds. The molecule has 1 unspecified atom stereocenters. The minimum absolute atomic E-state index is 0.106. The maximum atomic E-state index is 13.0. The molecule has 5 rings (SSSR count). The average Bonchev–Trinajstić information content (AvgIpc) is 3.41. The topological polar surface area (TPSA) is 52.6 Å². The highest BCUT2D eigenvalue weighted by Gasteiger charge is 2.42. The number of amides is 2. The minimum atomic E-state index is -0.272. The summed E-state index contributed by atoms with van der Waals surface area (Å²) in [5.41, 5.74) is 6.66. The lowest BCUT2D eigenvalue weighted by Gasteiger charge is -2.21. The van der Waals surface area contributed by atoms with Gasteiger partial charge in [-0.05, 0) is 61.8 Å². The number of nitrogens with zero attached hydrogens (tertiary/aromatic N) is 2. The smallest absolute Gasteiger partial charge is 0.259 e. The number of nitrogens with one attached hydrogen (secondary N) is 1. The van der Waals surface area contributed by atoms with Gasteiger partial charge in [-0.25, -0.2) is 0 Å². The third kappa shape index (κ3) is 3.39. The summed E-state index contributed by atoms with van der Waals surface area (Å²) in [5, 5.41) is 2.59. The normalized spacial score (nSPS) is 19.8. The van der Waals surface area contributed by atoms with E-state index in [1.54, 1.807) is 0 Å². The van der Waals surface area contributed by atoms with Crippen molar-refractivity contribution in [1.29, 1.82) is 0 Å². The largest absolute Gasteiger partial charge is 0.370 e. The Hall–Kier alpha value is -3.18. The van der Waals surface area contributed by atoms with E-state index in [4.69, 9.17) is 0 Å². The first kappa shape index (κ1) is 19.8. The fraction of sp³-hybridized carbons (Fsp3) is 0.308. The Morgan fingerprint density at radius 2 is 1.81 bits per heavy atom. The molecule has 0 spiro atoms. The number of rotatable bonds is 6. The van der Waals surface area contributed by atoms with Gasteiger partial charge in [0.05, 0.1) is 5.57 Å². The Bertz CT molecular complexity index is 1130. The summed E-state index contributed by atoms with van der Waals surface area (Å²) in [5.74, 6) is -0.627. The standard InChI is InChI=1S/C26H27N3O2/c1-28(2)14-7-15-29-16-21(19-10-5-6-11-22(19)29)24-23(25(30)27-26(24)31)20-13-12-17-8-3-4-9-18(17)20/h3-6,8-11,13,21H,7,12,14-16H2,1-2H3,(H,27,30,31). The molecule has 2 aromatic carbocycles. The second-order valence-electron chi connectivity index (χ2n) is 8.77. The van der Waals surface area contributed by atoms with Crippen molar-refractivity contribution in [3.8, 4) is 0 Å². The van der Waals surface area contributed by atoms with Gasteiger partial charge < -0.3 is 9.80 Å². The quantitative estimate of drug-likeness (QED) is 0.740. The molecule has 2 aromatic rings. The molecule has 158 valence electrons. The van der Waals surface area contributed by atoms with Crippen LogP contribution in [-0.4, -0.2) is 50.4 Å². The van der Waals surface area contributed by atoms with E-state index in [2.05, 4.69) is 53.5 Å². The highest BCUT2D eigenvalue weighted by atomic mass is 16.2. The van der Waals surface area contributed by atoms with Crippen molar-refractivity contribution in [2.24, 2.45) is 0 Å². The van der Waals surface area contributed by atoms with Crippen molar-refractivity contribution in [2.75, 3.05) is 38.6 Å². The number of benzene rings is 2. The maximum Gasteiger partial charge on any atom is 0.259 e. The van der Waals surface area contributed by atoms with Gasteiger partial charge in [-0.3, -0.25) is 14.9 Å². The van der Waals surface area contributed by atoms with Gasteiger partial charge in [-0.15, -0.1) is 0 Å². The maximum absolute atomic E-state index is 13.0. The number of carbonyl (C=O) groups is 2. The van der Waals surface area contributed by atoms with Crippen LogP contribution in [0.25, 0.3) is 5.57 Å². The summed E-state index contributed by atoms with van der Waals surface area (Å²) in [6, 6.07) is 16.4. The summed E-state index contributed by atoms with van der Waals surface area (Å²) >= 11 is 0. The molecule has 0 bridgehead atoms. The number of allylic oxidation sites excluding steroid dienone is 1. The zero-order chi connectivity index (χ0) is 21.5. The van der Waals surface area contributed by atoms with Crippen molar-refractivity contribution in [2.45, 2.75) is 18.8 Å². The van der Waals surface area contributed by atoms with Crippen LogP contribution in [0.4, 0.5) is 5.69 Å². The minimum Gasteiger partial charge on any atom is -0.370 e. The molecule has 1 N–H and O–H groups in total. The third-order valence-corrected chi connectivity index (χ3v) is 6.51. The number of hydrogen-bond donors (Lipinski definition) is 1. The lowest BCUT2D eigenvalue weighted by molar-refractivity contribution is -0.124. The summed E-state index contributed by atoms with van der Waals surface area (Å²) in [7, 11) is 4.17. The van der Waals surface area contributed by atoms with E-state index in [-0.39, 0.29) is 17.7 Å². The lowest BCUT2D eigenvalue weighted by Crippen LogP contribution is -2.28. The van der Waals surface area contributed by atoms with Crippen LogP contribution in [0.3, 0.4) is 0 Å². The number of anilines is 1. The monoisotopic (exact) mass is 413 g/mol. The lowest BCUT2D eigenvalue weighted by atomic mass is 9.86. The van der Waals surface area contributed by atoms with E-state index >= 15 is 0 Å². The van der Waals surface area contributed by atoms with Crippen molar-refractivity contribution >= 4 is 23.1 Å². The van der Waals surface area contributed by atoms with Crippen LogP contribution >= 0.6 is 0 Å². The van der Waals surface area contributed by atoms with Crippen molar-refractivity contribution in [3.05, 3.63) is 82.4 Å². The summed E-state index contributed by atoms with van der Waals surface area (Å²) in [4.78, 5) is 30.5. The zero-order valence-electron chi connectivity index (χ0n) is 18.0. The number of hydrogen-bond acceptors (Lipinski definition) is 4. The molecule has 5 nitrogen and oxygen atoms in total. The Balaban J connectivity index is 1.55. The summed E-state index contributed by atoms with van der Waals surface area (Å²) < 4.78 is 0. The van der Waals surface area contributed by atoms with Crippen LogP contribution < -0.4 is 10.2 Å². The number of para-hydroxylation sites is 1. The van der Waals surface area contributed by atoms with Gasteiger partial charge in [0, 0.05) is 30.3 Å².